The van der Waals surface area contributed by atoms with Crippen LogP contribution in [-0.2, 0) is 4.79 Å². The predicted molar refractivity (Wildman–Crippen MR) is 89.2 cm³/mol. The van der Waals surface area contributed by atoms with Gasteiger partial charge in [0.25, 0.3) is 5.91 Å². The van der Waals surface area contributed by atoms with Gasteiger partial charge in [0.05, 0.1) is 12.2 Å². The maximum Gasteiger partial charge on any atom is 0.251 e. The van der Waals surface area contributed by atoms with Crippen LogP contribution >= 0.6 is 27.3 Å². The van der Waals surface area contributed by atoms with Gasteiger partial charge in [-0.15, -0.1) is 11.3 Å². The van der Waals surface area contributed by atoms with Crippen LogP contribution < -0.4 is 10.6 Å². The van der Waals surface area contributed by atoms with Gasteiger partial charge in [0.1, 0.15) is 0 Å². The Morgan fingerprint density at radius 1 is 1.36 bits per heavy atom. The van der Waals surface area contributed by atoms with Crippen molar-refractivity contribution in [2.45, 2.75) is 18.8 Å². The molecule has 1 saturated carbocycles. The number of carbonyl (C=O) groups is 2. The summed E-state index contributed by atoms with van der Waals surface area (Å²) in [5, 5.41) is 7.87. The SMILES string of the molecule is O=C(CNC(=O)c1cccc(Br)c1)Nc1nc(C2CC2)cs1. The Balaban J connectivity index is 1.50. The summed E-state index contributed by atoms with van der Waals surface area (Å²) >= 11 is 4.72. The van der Waals surface area contributed by atoms with Crippen LogP contribution in [0, 0.1) is 0 Å². The van der Waals surface area contributed by atoms with Crippen molar-refractivity contribution >= 4 is 44.2 Å². The van der Waals surface area contributed by atoms with Gasteiger partial charge in [0, 0.05) is 21.3 Å². The van der Waals surface area contributed by atoms with Crippen LogP contribution in [0.25, 0.3) is 0 Å². The van der Waals surface area contributed by atoms with Crippen LogP contribution in [0.5, 0.6) is 0 Å². The van der Waals surface area contributed by atoms with Gasteiger partial charge in [-0.2, -0.15) is 0 Å². The van der Waals surface area contributed by atoms with Crippen molar-refractivity contribution in [3.8, 4) is 0 Å². The molecule has 0 aliphatic heterocycles. The number of benzene rings is 1. The molecule has 1 heterocycles. The average molecular weight is 380 g/mol. The molecule has 7 heteroatoms. The van der Waals surface area contributed by atoms with Gasteiger partial charge < -0.3 is 10.6 Å². The molecule has 0 radical (unpaired) electrons. The van der Waals surface area contributed by atoms with E-state index in [1.54, 1.807) is 18.2 Å². The van der Waals surface area contributed by atoms with Crippen LogP contribution in [-0.4, -0.2) is 23.3 Å². The second-order valence-electron chi connectivity index (χ2n) is 5.09. The number of hydrogen-bond donors (Lipinski definition) is 2. The van der Waals surface area contributed by atoms with E-state index in [1.165, 1.54) is 24.2 Å². The smallest absolute Gasteiger partial charge is 0.251 e. The van der Waals surface area contributed by atoms with Gasteiger partial charge in [0.2, 0.25) is 5.91 Å². The van der Waals surface area contributed by atoms with Gasteiger partial charge in [-0.3, -0.25) is 9.59 Å². The number of amides is 2. The summed E-state index contributed by atoms with van der Waals surface area (Å²) in [5.74, 6) is 0.00688. The number of anilines is 1. The first-order valence-corrected chi connectivity index (χ1v) is 8.58. The van der Waals surface area contributed by atoms with Crippen LogP contribution in [0.15, 0.2) is 34.1 Å². The third-order valence-corrected chi connectivity index (χ3v) is 4.53. The zero-order chi connectivity index (χ0) is 15.5. The highest BCUT2D eigenvalue weighted by Crippen LogP contribution is 2.40. The summed E-state index contributed by atoms with van der Waals surface area (Å²) in [5.41, 5.74) is 1.56. The summed E-state index contributed by atoms with van der Waals surface area (Å²) in [6.45, 7) is -0.0797. The first-order valence-electron chi connectivity index (χ1n) is 6.91. The lowest BCUT2D eigenvalue weighted by Gasteiger charge is -2.05. The maximum atomic E-state index is 11.9. The molecular formula is C15H14BrN3O2S. The molecule has 0 bridgehead atoms. The summed E-state index contributed by atoms with van der Waals surface area (Å²) in [7, 11) is 0. The van der Waals surface area contributed by atoms with Gasteiger partial charge in [-0.05, 0) is 31.0 Å². The molecule has 1 aliphatic carbocycles. The Kier molecular flexibility index (Phi) is 4.54. The van der Waals surface area contributed by atoms with E-state index in [4.69, 9.17) is 0 Å². The number of nitrogens with zero attached hydrogens (tertiary/aromatic N) is 1. The molecule has 0 saturated heterocycles. The van der Waals surface area contributed by atoms with Gasteiger partial charge in [0.15, 0.2) is 5.13 Å². The molecule has 0 unspecified atom stereocenters. The molecule has 1 fully saturated rings. The number of thiazole rings is 1. The lowest BCUT2D eigenvalue weighted by Crippen LogP contribution is -2.32. The Labute approximate surface area is 140 Å². The molecule has 22 heavy (non-hydrogen) atoms. The minimum Gasteiger partial charge on any atom is -0.343 e. The number of hydrogen-bond acceptors (Lipinski definition) is 4. The van der Waals surface area contributed by atoms with Crippen LogP contribution in [0.1, 0.15) is 34.8 Å². The number of aromatic nitrogens is 1. The monoisotopic (exact) mass is 379 g/mol. The number of nitrogens with one attached hydrogen (secondary N) is 2. The average Bonchev–Trinajstić information content (AvgIpc) is 3.25. The Hall–Kier alpha value is -1.73. The summed E-state index contributed by atoms with van der Waals surface area (Å²) in [6.07, 6.45) is 2.36. The molecule has 0 spiro atoms. The van der Waals surface area contributed by atoms with E-state index >= 15 is 0 Å². The van der Waals surface area contributed by atoms with Crippen molar-refractivity contribution in [1.82, 2.24) is 10.3 Å². The Bertz CT molecular complexity index is 712. The zero-order valence-electron chi connectivity index (χ0n) is 11.6. The first kappa shape index (κ1) is 15.2. The van der Waals surface area contributed by atoms with Crippen molar-refractivity contribution in [1.29, 1.82) is 0 Å². The number of halogens is 1. The first-order chi connectivity index (χ1) is 10.6. The highest BCUT2D eigenvalue weighted by Gasteiger charge is 2.26. The van der Waals surface area contributed by atoms with E-state index in [0.717, 1.165) is 10.2 Å². The van der Waals surface area contributed by atoms with Crippen LogP contribution in [0.4, 0.5) is 5.13 Å². The quantitative estimate of drug-likeness (QED) is 0.837. The molecule has 2 amide bonds. The van der Waals surface area contributed by atoms with E-state index in [-0.39, 0.29) is 18.4 Å². The van der Waals surface area contributed by atoms with Crippen LogP contribution in [0.2, 0.25) is 0 Å². The minimum atomic E-state index is -0.283. The lowest BCUT2D eigenvalue weighted by atomic mass is 10.2. The third kappa shape index (κ3) is 3.92. The third-order valence-electron chi connectivity index (χ3n) is 3.26. The standard InChI is InChI=1S/C15H14BrN3O2S/c16-11-3-1-2-10(6-11)14(21)17-7-13(20)19-15-18-12(8-22-15)9-4-5-9/h1-3,6,8-9H,4-5,7H2,(H,17,21)(H,18,19,20). The predicted octanol–water partition coefficient (Wildman–Crippen LogP) is 3.15. The van der Waals surface area contributed by atoms with Crippen LogP contribution in [0.3, 0.4) is 0 Å². The van der Waals surface area contributed by atoms with Crippen molar-refractivity contribution in [2.24, 2.45) is 0 Å². The molecule has 1 aromatic heterocycles. The molecule has 1 aliphatic rings. The molecule has 114 valence electrons. The largest absolute Gasteiger partial charge is 0.343 e. The van der Waals surface area contributed by atoms with Crippen molar-refractivity contribution in [3.63, 3.8) is 0 Å². The zero-order valence-corrected chi connectivity index (χ0v) is 14.0. The minimum absolute atomic E-state index is 0.0797. The second-order valence-corrected chi connectivity index (χ2v) is 6.87. The fourth-order valence-corrected chi connectivity index (χ4v) is 3.17. The molecular weight excluding hydrogens is 366 g/mol. The topological polar surface area (TPSA) is 71.1 Å². The van der Waals surface area contributed by atoms with Gasteiger partial charge in [-0.25, -0.2) is 4.98 Å². The van der Waals surface area contributed by atoms with Gasteiger partial charge >= 0.3 is 0 Å². The molecule has 3 rings (SSSR count). The van der Waals surface area contributed by atoms with Crippen molar-refractivity contribution in [3.05, 3.63) is 45.4 Å². The molecule has 1 aromatic carbocycles. The fraction of sp³-hybridized carbons (Fsp3) is 0.267. The lowest BCUT2D eigenvalue weighted by molar-refractivity contribution is -0.115. The molecule has 2 N–H and O–H groups in total. The summed E-state index contributed by atoms with van der Waals surface area (Å²) < 4.78 is 0.819. The fourth-order valence-electron chi connectivity index (χ4n) is 1.97. The highest BCUT2D eigenvalue weighted by molar-refractivity contribution is 9.10. The Morgan fingerprint density at radius 2 is 2.18 bits per heavy atom. The summed E-state index contributed by atoms with van der Waals surface area (Å²) in [4.78, 5) is 28.1. The summed E-state index contributed by atoms with van der Waals surface area (Å²) in [6, 6.07) is 7.01. The van der Waals surface area contributed by atoms with E-state index in [1.807, 2.05) is 11.4 Å². The van der Waals surface area contributed by atoms with E-state index in [2.05, 4.69) is 31.5 Å². The van der Waals surface area contributed by atoms with Gasteiger partial charge in [-0.1, -0.05) is 22.0 Å². The number of carbonyl (C=O) groups excluding carboxylic acids is 2. The molecule has 2 aromatic rings. The van der Waals surface area contributed by atoms with E-state index in [0.29, 0.717) is 16.6 Å². The van der Waals surface area contributed by atoms with E-state index in [9.17, 15) is 9.59 Å². The second kappa shape index (κ2) is 6.58. The Morgan fingerprint density at radius 3 is 2.91 bits per heavy atom. The van der Waals surface area contributed by atoms with Crippen molar-refractivity contribution < 1.29 is 9.59 Å². The molecule has 5 nitrogen and oxygen atoms in total. The normalized spacial score (nSPS) is 13.7. The van der Waals surface area contributed by atoms with E-state index < -0.39 is 0 Å². The maximum absolute atomic E-state index is 11.9. The molecule has 0 atom stereocenters. The van der Waals surface area contributed by atoms with Crippen molar-refractivity contribution in [2.75, 3.05) is 11.9 Å². The number of rotatable bonds is 5. The highest BCUT2D eigenvalue weighted by atomic mass is 79.9.